The molecule has 0 saturated heterocycles. The van der Waals surface area contributed by atoms with Gasteiger partial charge in [-0.25, -0.2) is 9.37 Å². The maximum Gasteiger partial charge on any atom is 0.311 e. The highest BCUT2D eigenvalue weighted by Gasteiger charge is 2.07. The van der Waals surface area contributed by atoms with Crippen LogP contribution in [-0.2, 0) is 16.0 Å². The Bertz CT molecular complexity index is 957. The fourth-order valence-corrected chi connectivity index (χ4v) is 2.92. The van der Waals surface area contributed by atoms with Crippen molar-refractivity contribution in [3.8, 4) is 11.5 Å². The maximum atomic E-state index is 13.0. The van der Waals surface area contributed by atoms with Crippen molar-refractivity contribution in [3.63, 3.8) is 0 Å². The second-order valence-electron chi connectivity index (χ2n) is 5.62. The van der Waals surface area contributed by atoms with Crippen LogP contribution in [0, 0.1) is 5.82 Å². The van der Waals surface area contributed by atoms with Crippen molar-refractivity contribution in [1.82, 2.24) is 4.98 Å². The Hall–Kier alpha value is -3.26. The highest BCUT2D eigenvalue weighted by Crippen LogP contribution is 2.22. The Kier molecular flexibility index (Phi) is 6.69. The summed E-state index contributed by atoms with van der Waals surface area (Å²) in [5, 5.41) is 6.51. The number of nitrogens with one attached hydrogen (secondary N) is 1. The van der Waals surface area contributed by atoms with Crippen LogP contribution in [0.15, 0.2) is 59.0 Å². The zero-order chi connectivity index (χ0) is 19.8. The van der Waals surface area contributed by atoms with E-state index in [2.05, 4.69) is 15.5 Å². The number of aromatic nitrogens is 1. The smallest absolute Gasteiger partial charge is 0.311 e. The van der Waals surface area contributed by atoms with Gasteiger partial charge in [0.15, 0.2) is 0 Å². The number of rotatable bonds is 8. The summed E-state index contributed by atoms with van der Waals surface area (Å²) in [5.41, 5.74) is 4.29. The van der Waals surface area contributed by atoms with Gasteiger partial charge in [-0.05, 0) is 48.9 Å². The molecule has 144 valence electrons. The lowest BCUT2D eigenvalue weighted by atomic mass is 10.2. The second-order valence-corrected chi connectivity index (χ2v) is 6.48. The number of nitrogens with zero attached hydrogens (tertiary/aromatic N) is 2. The highest BCUT2D eigenvalue weighted by atomic mass is 32.1. The Labute approximate surface area is 165 Å². The van der Waals surface area contributed by atoms with Crippen molar-refractivity contribution in [3.05, 3.63) is 71.0 Å². The van der Waals surface area contributed by atoms with Crippen molar-refractivity contribution < 1.29 is 18.7 Å². The van der Waals surface area contributed by atoms with Gasteiger partial charge in [0.1, 0.15) is 17.3 Å². The third kappa shape index (κ3) is 5.88. The number of carbonyl (C=O) groups is 1. The number of anilines is 1. The third-order valence-corrected chi connectivity index (χ3v) is 4.26. The minimum absolute atomic E-state index is 0.137. The van der Waals surface area contributed by atoms with Gasteiger partial charge in [0, 0.05) is 5.38 Å². The fourth-order valence-electron chi connectivity index (χ4n) is 2.26. The van der Waals surface area contributed by atoms with E-state index in [1.165, 1.54) is 23.5 Å². The van der Waals surface area contributed by atoms with E-state index in [0.29, 0.717) is 28.9 Å². The first kappa shape index (κ1) is 19.5. The average Bonchev–Trinajstić information content (AvgIpc) is 3.11. The minimum Gasteiger partial charge on any atom is -0.466 e. The topological polar surface area (TPSA) is 72.8 Å². The van der Waals surface area contributed by atoms with Crippen molar-refractivity contribution in [2.24, 2.45) is 5.10 Å². The normalized spacial score (nSPS) is 10.8. The number of hydrazone groups is 1. The van der Waals surface area contributed by atoms with E-state index >= 15 is 0 Å². The molecule has 1 heterocycles. The number of carbonyl (C=O) groups excluding carboxylic acids is 1. The van der Waals surface area contributed by atoms with Gasteiger partial charge < -0.3 is 9.47 Å². The van der Waals surface area contributed by atoms with Crippen LogP contribution in [0.4, 0.5) is 9.52 Å². The molecule has 3 aromatic rings. The van der Waals surface area contributed by atoms with Gasteiger partial charge in [-0.15, -0.1) is 11.3 Å². The molecule has 0 fully saturated rings. The molecular weight excluding hydrogens is 381 g/mol. The summed E-state index contributed by atoms with van der Waals surface area (Å²) < 4.78 is 23.6. The molecule has 2 aromatic carbocycles. The number of halogens is 1. The molecule has 6 nitrogen and oxygen atoms in total. The molecule has 1 aromatic heterocycles. The molecule has 0 radical (unpaired) electrons. The van der Waals surface area contributed by atoms with E-state index < -0.39 is 0 Å². The van der Waals surface area contributed by atoms with Gasteiger partial charge >= 0.3 is 5.97 Å². The standard InChI is InChI=1S/C20H18FN3O3S/c1-2-26-19(25)11-16-13-28-20(23-16)24-22-12-14-4-3-5-18(10-14)27-17-8-6-15(21)7-9-17/h3-10,12-13H,2,11H2,1H3,(H,23,24). The third-order valence-electron chi connectivity index (χ3n) is 3.46. The number of hydrogen-bond acceptors (Lipinski definition) is 7. The van der Waals surface area contributed by atoms with Gasteiger partial charge in [-0.3, -0.25) is 10.2 Å². The van der Waals surface area contributed by atoms with Crippen molar-refractivity contribution in [2.75, 3.05) is 12.0 Å². The molecule has 0 aliphatic rings. The first-order valence-electron chi connectivity index (χ1n) is 8.55. The molecule has 3 rings (SSSR count). The number of ether oxygens (including phenoxy) is 2. The lowest BCUT2D eigenvalue weighted by molar-refractivity contribution is -0.142. The Morgan fingerprint density at radius 1 is 1.25 bits per heavy atom. The SMILES string of the molecule is CCOC(=O)Cc1csc(NN=Cc2cccc(Oc3ccc(F)cc3)c2)n1. The monoisotopic (exact) mass is 399 g/mol. The summed E-state index contributed by atoms with van der Waals surface area (Å²) in [7, 11) is 0. The maximum absolute atomic E-state index is 13.0. The van der Waals surface area contributed by atoms with Crippen LogP contribution in [0.1, 0.15) is 18.2 Å². The molecule has 0 atom stereocenters. The lowest BCUT2D eigenvalue weighted by Gasteiger charge is -2.06. The average molecular weight is 399 g/mol. The van der Waals surface area contributed by atoms with Crippen LogP contribution in [0.3, 0.4) is 0 Å². The molecule has 0 bridgehead atoms. The Morgan fingerprint density at radius 2 is 2.07 bits per heavy atom. The van der Waals surface area contributed by atoms with E-state index in [4.69, 9.17) is 9.47 Å². The van der Waals surface area contributed by atoms with Crippen LogP contribution in [0.25, 0.3) is 0 Å². The van der Waals surface area contributed by atoms with E-state index in [1.54, 1.807) is 36.7 Å². The predicted molar refractivity (Wildman–Crippen MR) is 107 cm³/mol. The van der Waals surface area contributed by atoms with E-state index in [0.717, 1.165) is 5.56 Å². The summed E-state index contributed by atoms with van der Waals surface area (Å²) in [6.07, 6.45) is 1.77. The quantitative estimate of drug-likeness (QED) is 0.340. The van der Waals surface area contributed by atoms with Gasteiger partial charge in [0.2, 0.25) is 5.13 Å². The van der Waals surface area contributed by atoms with Crippen LogP contribution in [0.5, 0.6) is 11.5 Å². The molecule has 0 amide bonds. The molecule has 0 aliphatic carbocycles. The number of benzene rings is 2. The highest BCUT2D eigenvalue weighted by molar-refractivity contribution is 7.13. The number of hydrogen-bond donors (Lipinski definition) is 1. The van der Waals surface area contributed by atoms with Gasteiger partial charge in [0.25, 0.3) is 0 Å². The van der Waals surface area contributed by atoms with Gasteiger partial charge in [-0.2, -0.15) is 5.10 Å². The fraction of sp³-hybridized carbons (Fsp3) is 0.150. The molecule has 8 heteroatoms. The lowest BCUT2D eigenvalue weighted by Crippen LogP contribution is -2.07. The van der Waals surface area contributed by atoms with Crippen LogP contribution in [-0.4, -0.2) is 23.8 Å². The van der Waals surface area contributed by atoms with E-state index in [-0.39, 0.29) is 18.2 Å². The van der Waals surface area contributed by atoms with Crippen LogP contribution < -0.4 is 10.2 Å². The first-order valence-corrected chi connectivity index (χ1v) is 9.43. The number of thiazole rings is 1. The summed E-state index contributed by atoms with van der Waals surface area (Å²) in [6, 6.07) is 13.1. The second kappa shape index (κ2) is 9.61. The van der Waals surface area contributed by atoms with Crippen molar-refractivity contribution in [2.45, 2.75) is 13.3 Å². The Morgan fingerprint density at radius 3 is 2.86 bits per heavy atom. The molecule has 0 unspecified atom stereocenters. The van der Waals surface area contributed by atoms with E-state index in [9.17, 15) is 9.18 Å². The molecule has 0 aliphatic heterocycles. The van der Waals surface area contributed by atoms with Crippen LogP contribution >= 0.6 is 11.3 Å². The summed E-state index contributed by atoms with van der Waals surface area (Å²) >= 11 is 1.35. The first-order chi connectivity index (χ1) is 13.6. The molecule has 0 saturated carbocycles. The van der Waals surface area contributed by atoms with Crippen molar-refractivity contribution >= 4 is 28.7 Å². The zero-order valence-corrected chi connectivity index (χ0v) is 15.9. The zero-order valence-electron chi connectivity index (χ0n) is 15.1. The minimum atomic E-state index is -0.313. The van der Waals surface area contributed by atoms with Gasteiger partial charge in [0.05, 0.1) is 24.9 Å². The molecular formula is C20H18FN3O3S. The predicted octanol–water partition coefficient (Wildman–Crippen LogP) is 4.63. The van der Waals surface area contributed by atoms with Crippen molar-refractivity contribution in [1.29, 1.82) is 0 Å². The molecule has 0 spiro atoms. The summed E-state index contributed by atoms with van der Waals surface area (Å²) in [6.45, 7) is 2.11. The van der Waals surface area contributed by atoms with Gasteiger partial charge in [-0.1, -0.05) is 12.1 Å². The summed E-state index contributed by atoms with van der Waals surface area (Å²) in [5.74, 6) is 0.541. The number of esters is 1. The van der Waals surface area contributed by atoms with Crippen LogP contribution in [0.2, 0.25) is 0 Å². The largest absolute Gasteiger partial charge is 0.466 e. The molecule has 1 N–H and O–H groups in total. The molecule has 28 heavy (non-hydrogen) atoms. The summed E-state index contributed by atoms with van der Waals surface area (Å²) in [4.78, 5) is 15.7. The Balaban J connectivity index is 1.56. The van der Waals surface area contributed by atoms with E-state index in [1.807, 2.05) is 18.2 Å².